The van der Waals surface area contributed by atoms with Gasteiger partial charge in [-0.3, -0.25) is 4.90 Å². The molecule has 1 aliphatic heterocycles. The molecular formula is C27H34FN3O4. The molecule has 1 N–H and O–H groups in total. The minimum absolute atomic E-state index is 0.110. The van der Waals surface area contributed by atoms with E-state index in [9.17, 15) is 9.50 Å². The Morgan fingerprint density at radius 2 is 2.06 bits per heavy atom. The van der Waals surface area contributed by atoms with Gasteiger partial charge in [-0.25, -0.2) is 9.07 Å². The Morgan fingerprint density at radius 3 is 2.77 bits per heavy atom. The molecule has 7 nitrogen and oxygen atoms in total. The summed E-state index contributed by atoms with van der Waals surface area (Å²) in [6, 6.07) is 16.0. The Balaban J connectivity index is 1.67. The number of aliphatic hydroxyl groups excluding tert-OH is 1. The van der Waals surface area contributed by atoms with Crippen molar-refractivity contribution in [1.82, 2.24) is 14.7 Å². The average molecular weight is 484 g/mol. The topological polar surface area (TPSA) is 69.0 Å². The quantitative estimate of drug-likeness (QED) is 0.412. The van der Waals surface area contributed by atoms with E-state index in [1.54, 1.807) is 16.8 Å². The Labute approximate surface area is 206 Å². The third-order valence-corrected chi connectivity index (χ3v) is 6.00. The van der Waals surface area contributed by atoms with E-state index in [0.29, 0.717) is 37.9 Å². The summed E-state index contributed by atoms with van der Waals surface area (Å²) >= 11 is 0. The minimum atomic E-state index is -0.638. The summed E-state index contributed by atoms with van der Waals surface area (Å²) in [5.41, 5.74) is 2.61. The molecule has 0 amide bonds. The van der Waals surface area contributed by atoms with Crippen LogP contribution in [0.5, 0.6) is 11.6 Å². The lowest BCUT2D eigenvalue weighted by Gasteiger charge is -2.27. The zero-order chi connectivity index (χ0) is 24.6. The molecule has 0 spiro atoms. The van der Waals surface area contributed by atoms with Gasteiger partial charge in [-0.15, -0.1) is 0 Å². The van der Waals surface area contributed by atoms with Crippen molar-refractivity contribution < 1.29 is 23.7 Å². The molecule has 0 bridgehead atoms. The number of hydrogen-bond acceptors (Lipinski definition) is 6. The van der Waals surface area contributed by atoms with Gasteiger partial charge < -0.3 is 19.3 Å². The SMILES string of the molecule is CCOC[C@H](O)CN(Cc1c(-c2ccccc2)nn(C)c1Oc1cccc(F)c1)C[C@H]1CCCO1. The second-order valence-electron chi connectivity index (χ2n) is 8.82. The van der Waals surface area contributed by atoms with Crippen molar-refractivity contribution >= 4 is 0 Å². The zero-order valence-corrected chi connectivity index (χ0v) is 20.4. The second kappa shape index (κ2) is 12.3. The molecule has 2 aromatic carbocycles. The van der Waals surface area contributed by atoms with Gasteiger partial charge in [-0.05, 0) is 31.9 Å². The van der Waals surface area contributed by atoms with Crippen LogP contribution in [-0.4, -0.2) is 64.9 Å². The third-order valence-electron chi connectivity index (χ3n) is 6.00. The molecule has 1 fully saturated rings. The van der Waals surface area contributed by atoms with Gasteiger partial charge >= 0.3 is 0 Å². The van der Waals surface area contributed by atoms with Crippen LogP contribution in [0, 0.1) is 5.82 Å². The molecule has 2 atom stereocenters. The van der Waals surface area contributed by atoms with Crippen LogP contribution in [0.4, 0.5) is 4.39 Å². The monoisotopic (exact) mass is 483 g/mol. The van der Waals surface area contributed by atoms with E-state index >= 15 is 0 Å². The second-order valence-corrected chi connectivity index (χ2v) is 8.82. The molecule has 188 valence electrons. The van der Waals surface area contributed by atoms with Crippen LogP contribution in [0.1, 0.15) is 25.3 Å². The number of aryl methyl sites for hydroxylation is 1. The van der Waals surface area contributed by atoms with Gasteiger partial charge in [0, 0.05) is 51.5 Å². The molecule has 1 saturated heterocycles. The molecule has 0 saturated carbocycles. The Morgan fingerprint density at radius 1 is 1.23 bits per heavy atom. The first-order valence-corrected chi connectivity index (χ1v) is 12.2. The Hall–Kier alpha value is -2.78. The number of aromatic nitrogens is 2. The summed E-state index contributed by atoms with van der Waals surface area (Å²) in [5.74, 6) is 0.565. The number of hydrogen-bond donors (Lipinski definition) is 1. The molecule has 0 unspecified atom stereocenters. The van der Waals surface area contributed by atoms with E-state index in [0.717, 1.165) is 36.3 Å². The Kier molecular flexibility index (Phi) is 8.87. The van der Waals surface area contributed by atoms with Crippen molar-refractivity contribution in [2.75, 3.05) is 32.9 Å². The predicted octanol–water partition coefficient (Wildman–Crippen LogP) is 4.40. The molecule has 1 aliphatic rings. The highest BCUT2D eigenvalue weighted by atomic mass is 19.1. The molecule has 3 aromatic rings. The van der Waals surface area contributed by atoms with Gasteiger partial charge in [0.15, 0.2) is 0 Å². The van der Waals surface area contributed by atoms with Crippen LogP contribution in [0.15, 0.2) is 54.6 Å². The molecule has 1 aromatic heterocycles. The number of ether oxygens (including phenoxy) is 3. The lowest BCUT2D eigenvalue weighted by molar-refractivity contribution is 0.00505. The van der Waals surface area contributed by atoms with Gasteiger partial charge in [0.2, 0.25) is 5.88 Å². The maximum absolute atomic E-state index is 13.9. The van der Waals surface area contributed by atoms with Crippen LogP contribution in [0.2, 0.25) is 0 Å². The van der Waals surface area contributed by atoms with Gasteiger partial charge in [0.25, 0.3) is 0 Å². The van der Waals surface area contributed by atoms with Crippen molar-refractivity contribution in [3.63, 3.8) is 0 Å². The van der Waals surface area contributed by atoms with E-state index < -0.39 is 6.10 Å². The first-order valence-electron chi connectivity index (χ1n) is 12.2. The summed E-state index contributed by atoms with van der Waals surface area (Å²) < 4.78 is 33.1. The molecule has 8 heteroatoms. The normalized spacial score (nSPS) is 16.7. The van der Waals surface area contributed by atoms with Crippen LogP contribution >= 0.6 is 0 Å². The number of nitrogens with zero attached hydrogens (tertiary/aromatic N) is 3. The first-order chi connectivity index (χ1) is 17.0. The highest BCUT2D eigenvalue weighted by Crippen LogP contribution is 2.34. The first kappa shape index (κ1) is 25.3. The molecule has 4 rings (SSSR count). The molecule has 35 heavy (non-hydrogen) atoms. The summed E-state index contributed by atoms with van der Waals surface area (Å²) in [6.45, 7) is 5.06. The van der Waals surface area contributed by atoms with Crippen LogP contribution in [0.25, 0.3) is 11.3 Å². The van der Waals surface area contributed by atoms with Crippen LogP contribution in [0.3, 0.4) is 0 Å². The lowest BCUT2D eigenvalue weighted by atomic mass is 10.1. The fourth-order valence-electron chi connectivity index (χ4n) is 4.40. The van der Waals surface area contributed by atoms with Crippen molar-refractivity contribution in [2.45, 2.75) is 38.5 Å². The maximum Gasteiger partial charge on any atom is 0.222 e. The third kappa shape index (κ3) is 6.89. The van der Waals surface area contributed by atoms with Gasteiger partial charge in [-0.2, -0.15) is 5.10 Å². The smallest absolute Gasteiger partial charge is 0.222 e. The number of benzene rings is 2. The van der Waals surface area contributed by atoms with Crippen LogP contribution in [-0.2, 0) is 23.1 Å². The van der Waals surface area contributed by atoms with E-state index in [4.69, 9.17) is 19.3 Å². The highest BCUT2D eigenvalue weighted by Gasteiger charge is 2.26. The van der Waals surface area contributed by atoms with E-state index in [2.05, 4.69) is 4.90 Å². The summed E-state index contributed by atoms with van der Waals surface area (Å²) in [4.78, 5) is 2.17. The summed E-state index contributed by atoms with van der Waals surface area (Å²) in [5, 5.41) is 15.4. The van der Waals surface area contributed by atoms with Crippen LogP contribution < -0.4 is 4.74 Å². The van der Waals surface area contributed by atoms with E-state index in [1.807, 2.05) is 44.3 Å². The molecular weight excluding hydrogens is 449 g/mol. The summed E-state index contributed by atoms with van der Waals surface area (Å²) in [7, 11) is 1.82. The van der Waals surface area contributed by atoms with Crippen molar-refractivity contribution in [2.24, 2.45) is 7.05 Å². The Bertz CT molecular complexity index is 1070. The van der Waals surface area contributed by atoms with Gasteiger partial charge in [0.1, 0.15) is 17.3 Å². The average Bonchev–Trinajstić information content (AvgIpc) is 3.47. The number of rotatable bonds is 12. The number of halogens is 1. The predicted molar refractivity (Wildman–Crippen MR) is 132 cm³/mol. The maximum atomic E-state index is 13.9. The molecule has 2 heterocycles. The fraction of sp³-hybridized carbons (Fsp3) is 0.444. The fourth-order valence-corrected chi connectivity index (χ4v) is 4.40. The highest BCUT2D eigenvalue weighted by molar-refractivity contribution is 5.65. The summed E-state index contributed by atoms with van der Waals surface area (Å²) in [6.07, 6.45) is 1.50. The molecule has 0 aliphatic carbocycles. The minimum Gasteiger partial charge on any atom is -0.439 e. The van der Waals surface area contributed by atoms with Gasteiger partial charge in [0.05, 0.1) is 24.4 Å². The largest absolute Gasteiger partial charge is 0.439 e. The van der Waals surface area contributed by atoms with Crippen molar-refractivity contribution in [1.29, 1.82) is 0 Å². The van der Waals surface area contributed by atoms with Crippen molar-refractivity contribution in [3.8, 4) is 22.9 Å². The van der Waals surface area contributed by atoms with E-state index in [-0.39, 0.29) is 18.5 Å². The standard InChI is InChI=1S/C27H34FN3O4/c1-3-33-19-22(32)16-31(17-24-13-8-14-34-24)18-25-26(20-9-5-4-6-10-20)29-30(2)27(25)35-23-12-7-11-21(28)15-23/h4-7,9-12,15,22,24,32H,3,8,13-14,16-19H2,1-2H3/t22-,24-/m1/s1. The van der Waals surface area contributed by atoms with Crippen molar-refractivity contribution in [3.05, 3.63) is 66.0 Å². The number of aliphatic hydroxyl groups is 1. The zero-order valence-electron chi connectivity index (χ0n) is 20.4. The molecule has 0 radical (unpaired) electrons. The van der Waals surface area contributed by atoms with E-state index in [1.165, 1.54) is 12.1 Å². The van der Waals surface area contributed by atoms with Gasteiger partial charge in [-0.1, -0.05) is 36.4 Å². The lowest BCUT2D eigenvalue weighted by Crippen LogP contribution is -2.39.